The van der Waals surface area contributed by atoms with Crippen LogP contribution in [0.4, 0.5) is 0 Å². The van der Waals surface area contributed by atoms with Crippen LogP contribution in [0.25, 0.3) is 0 Å². The molecule has 0 aromatic carbocycles. The second-order valence-electron chi connectivity index (χ2n) is 4.86. The molecule has 3 heteroatoms. The summed E-state index contributed by atoms with van der Waals surface area (Å²) >= 11 is 0. The molecule has 15 heavy (non-hydrogen) atoms. The first-order valence-corrected chi connectivity index (χ1v) is 6.13. The molecular formula is C12H20O3. The van der Waals surface area contributed by atoms with E-state index in [4.69, 9.17) is 9.84 Å². The molecule has 2 heterocycles. The van der Waals surface area contributed by atoms with Crippen molar-refractivity contribution in [1.29, 1.82) is 0 Å². The molecule has 0 amide bonds. The van der Waals surface area contributed by atoms with E-state index in [0.29, 0.717) is 18.6 Å². The van der Waals surface area contributed by atoms with E-state index >= 15 is 0 Å². The fourth-order valence-electron chi connectivity index (χ4n) is 2.91. The van der Waals surface area contributed by atoms with Gasteiger partial charge in [0.2, 0.25) is 0 Å². The molecule has 1 N–H and O–H groups in total. The minimum absolute atomic E-state index is 0.327. The molecule has 3 atom stereocenters. The van der Waals surface area contributed by atoms with Gasteiger partial charge in [-0.2, -0.15) is 0 Å². The molecule has 2 rings (SSSR count). The topological polar surface area (TPSA) is 46.5 Å². The summed E-state index contributed by atoms with van der Waals surface area (Å²) < 4.78 is 5.79. The first-order chi connectivity index (χ1) is 7.25. The predicted molar refractivity (Wildman–Crippen MR) is 56.7 cm³/mol. The van der Waals surface area contributed by atoms with Crippen LogP contribution in [-0.4, -0.2) is 23.3 Å². The van der Waals surface area contributed by atoms with Crippen LogP contribution in [0.2, 0.25) is 0 Å². The van der Waals surface area contributed by atoms with Crippen molar-refractivity contribution in [3.8, 4) is 0 Å². The van der Waals surface area contributed by atoms with E-state index in [2.05, 4.69) is 0 Å². The van der Waals surface area contributed by atoms with Crippen LogP contribution < -0.4 is 0 Å². The maximum Gasteiger partial charge on any atom is 0.303 e. The van der Waals surface area contributed by atoms with Crippen molar-refractivity contribution in [3.05, 3.63) is 0 Å². The molecule has 3 nitrogen and oxygen atoms in total. The van der Waals surface area contributed by atoms with Crippen molar-refractivity contribution in [2.24, 2.45) is 5.92 Å². The molecule has 0 aromatic heterocycles. The van der Waals surface area contributed by atoms with Gasteiger partial charge in [0, 0.05) is 6.42 Å². The number of hydrogen-bond acceptors (Lipinski definition) is 2. The highest BCUT2D eigenvalue weighted by atomic mass is 16.5. The van der Waals surface area contributed by atoms with Gasteiger partial charge in [-0.1, -0.05) is 12.8 Å². The fourth-order valence-corrected chi connectivity index (χ4v) is 2.91. The number of carbonyl (C=O) groups is 1. The van der Waals surface area contributed by atoms with Gasteiger partial charge in [0.05, 0.1) is 12.2 Å². The third kappa shape index (κ3) is 2.94. The van der Waals surface area contributed by atoms with E-state index in [0.717, 1.165) is 18.8 Å². The van der Waals surface area contributed by atoms with Crippen molar-refractivity contribution in [2.75, 3.05) is 0 Å². The summed E-state index contributed by atoms with van der Waals surface area (Å²) in [4.78, 5) is 10.3. The Balaban J connectivity index is 1.53. The van der Waals surface area contributed by atoms with Gasteiger partial charge in [-0.15, -0.1) is 0 Å². The van der Waals surface area contributed by atoms with E-state index < -0.39 is 5.97 Å². The van der Waals surface area contributed by atoms with E-state index in [9.17, 15) is 4.79 Å². The van der Waals surface area contributed by atoms with Crippen LogP contribution in [0.3, 0.4) is 0 Å². The molecule has 2 aliphatic rings. The highest BCUT2D eigenvalue weighted by Crippen LogP contribution is 2.41. The Morgan fingerprint density at radius 1 is 1.27 bits per heavy atom. The molecule has 0 aromatic rings. The zero-order valence-corrected chi connectivity index (χ0v) is 9.15. The molecular weight excluding hydrogens is 192 g/mol. The number of fused-ring (bicyclic) bond motifs is 2. The first-order valence-electron chi connectivity index (χ1n) is 6.13. The quantitative estimate of drug-likeness (QED) is 0.688. The molecule has 86 valence electrons. The zero-order valence-electron chi connectivity index (χ0n) is 9.15. The van der Waals surface area contributed by atoms with Gasteiger partial charge >= 0.3 is 5.97 Å². The smallest absolute Gasteiger partial charge is 0.303 e. The average Bonchev–Trinajstić information content (AvgIpc) is 2.78. The van der Waals surface area contributed by atoms with Gasteiger partial charge in [0.25, 0.3) is 0 Å². The standard InChI is InChI=1S/C12H20O3/c13-12(14)5-3-1-2-4-9-8-10-6-7-11(9)15-10/h9-11H,1-8H2,(H,13,14). The number of carboxylic acid groups (broad SMARTS) is 1. The van der Waals surface area contributed by atoms with Crippen molar-refractivity contribution in [1.82, 2.24) is 0 Å². The monoisotopic (exact) mass is 212 g/mol. The summed E-state index contributed by atoms with van der Waals surface area (Å²) in [7, 11) is 0. The van der Waals surface area contributed by atoms with Crippen molar-refractivity contribution in [3.63, 3.8) is 0 Å². The molecule has 2 aliphatic heterocycles. The van der Waals surface area contributed by atoms with Gasteiger partial charge in [-0.3, -0.25) is 4.79 Å². The van der Waals surface area contributed by atoms with Crippen LogP contribution in [0, 0.1) is 5.92 Å². The Bertz CT molecular complexity index is 227. The molecule has 3 unspecified atom stereocenters. The number of hydrogen-bond donors (Lipinski definition) is 1. The van der Waals surface area contributed by atoms with Gasteiger partial charge in [-0.05, 0) is 38.0 Å². The maximum atomic E-state index is 10.3. The number of rotatable bonds is 6. The fraction of sp³-hybridized carbons (Fsp3) is 0.917. The number of aliphatic carboxylic acids is 1. The molecule has 0 radical (unpaired) electrons. The normalized spacial score (nSPS) is 33.5. The van der Waals surface area contributed by atoms with E-state index in [1.807, 2.05) is 0 Å². The van der Waals surface area contributed by atoms with Crippen molar-refractivity contribution in [2.45, 2.75) is 63.6 Å². The largest absolute Gasteiger partial charge is 0.481 e. The Hall–Kier alpha value is -0.570. The highest BCUT2D eigenvalue weighted by Gasteiger charge is 2.39. The van der Waals surface area contributed by atoms with Crippen LogP contribution in [0.5, 0.6) is 0 Å². The number of ether oxygens (including phenoxy) is 1. The molecule has 2 bridgehead atoms. The molecule has 0 aliphatic carbocycles. The van der Waals surface area contributed by atoms with E-state index in [-0.39, 0.29) is 0 Å². The third-order valence-corrected chi connectivity index (χ3v) is 3.70. The third-order valence-electron chi connectivity index (χ3n) is 3.70. The van der Waals surface area contributed by atoms with Gasteiger partial charge in [0.1, 0.15) is 0 Å². The van der Waals surface area contributed by atoms with Crippen molar-refractivity contribution < 1.29 is 14.6 Å². The highest BCUT2D eigenvalue weighted by molar-refractivity contribution is 5.66. The molecule has 2 fully saturated rings. The first kappa shape index (κ1) is 10.9. The predicted octanol–water partition coefficient (Wildman–Crippen LogP) is 2.59. The average molecular weight is 212 g/mol. The Morgan fingerprint density at radius 2 is 2.13 bits per heavy atom. The van der Waals surface area contributed by atoms with Crippen LogP contribution in [0.1, 0.15) is 51.4 Å². The summed E-state index contributed by atoms with van der Waals surface area (Å²) in [5, 5.41) is 8.49. The summed E-state index contributed by atoms with van der Waals surface area (Å²) in [6.07, 6.45) is 9.48. The number of carboxylic acids is 1. The van der Waals surface area contributed by atoms with Gasteiger partial charge in [-0.25, -0.2) is 0 Å². The van der Waals surface area contributed by atoms with Gasteiger partial charge in [0.15, 0.2) is 0 Å². The van der Waals surface area contributed by atoms with Crippen LogP contribution >= 0.6 is 0 Å². The van der Waals surface area contributed by atoms with Gasteiger partial charge < -0.3 is 9.84 Å². The summed E-state index contributed by atoms with van der Waals surface area (Å²) in [6.45, 7) is 0. The zero-order chi connectivity index (χ0) is 10.7. The van der Waals surface area contributed by atoms with Crippen LogP contribution in [0.15, 0.2) is 0 Å². The molecule has 2 saturated heterocycles. The Morgan fingerprint density at radius 3 is 2.73 bits per heavy atom. The Labute approximate surface area is 90.8 Å². The lowest BCUT2D eigenvalue weighted by Gasteiger charge is -2.17. The molecule has 0 spiro atoms. The second-order valence-corrected chi connectivity index (χ2v) is 4.86. The lowest BCUT2D eigenvalue weighted by molar-refractivity contribution is -0.137. The SMILES string of the molecule is O=C(O)CCCCCC1CC2CCC1O2. The lowest BCUT2D eigenvalue weighted by Crippen LogP contribution is -2.15. The van der Waals surface area contributed by atoms with E-state index in [1.54, 1.807) is 0 Å². The summed E-state index contributed by atoms with van der Waals surface area (Å²) in [5.41, 5.74) is 0. The van der Waals surface area contributed by atoms with Crippen LogP contribution in [-0.2, 0) is 9.53 Å². The Kier molecular flexibility index (Phi) is 3.62. The summed E-state index contributed by atoms with van der Waals surface area (Å²) in [6, 6.07) is 0. The maximum absolute atomic E-state index is 10.3. The lowest BCUT2D eigenvalue weighted by atomic mass is 9.85. The van der Waals surface area contributed by atoms with E-state index in [1.165, 1.54) is 32.1 Å². The number of unbranched alkanes of at least 4 members (excludes halogenated alkanes) is 2. The second kappa shape index (κ2) is 4.97. The minimum atomic E-state index is -0.668. The van der Waals surface area contributed by atoms with Crippen molar-refractivity contribution >= 4 is 5.97 Å². The molecule has 0 saturated carbocycles. The summed E-state index contributed by atoms with van der Waals surface area (Å²) in [5.74, 6) is 0.104. The minimum Gasteiger partial charge on any atom is -0.481 e.